The van der Waals surface area contributed by atoms with Gasteiger partial charge in [0, 0.05) is 6.42 Å². The molecule has 132 valence electrons. The fraction of sp³-hybridized carbons (Fsp3) is 0.421. The van der Waals surface area contributed by atoms with Gasteiger partial charge in [-0.3, -0.25) is 0 Å². The summed E-state index contributed by atoms with van der Waals surface area (Å²) >= 11 is 0. The molecule has 1 aliphatic heterocycles. The zero-order valence-corrected chi connectivity index (χ0v) is 15.0. The van der Waals surface area contributed by atoms with E-state index < -0.39 is 17.1 Å². The normalized spacial score (nSPS) is 18.9. The molecule has 1 aliphatic rings. The number of ether oxygens (including phenoxy) is 2. The summed E-state index contributed by atoms with van der Waals surface area (Å²) in [5, 5.41) is 0. The van der Waals surface area contributed by atoms with Crippen molar-refractivity contribution in [3.63, 3.8) is 0 Å². The molecule has 1 amide bonds. The quantitative estimate of drug-likeness (QED) is 0.622. The van der Waals surface area contributed by atoms with Gasteiger partial charge in [-0.2, -0.15) is 0 Å². The van der Waals surface area contributed by atoms with Gasteiger partial charge in [0.1, 0.15) is 17.2 Å². The van der Waals surface area contributed by atoms with E-state index in [4.69, 9.17) is 9.47 Å². The molecule has 0 aliphatic carbocycles. The van der Waals surface area contributed by atoms with E-state index in [0.717, 1.165) is 0 Å². The van der Waals surface area contributed by atoms with Gasteiger partial charge in [0.25, 0.3) is 0 Å². The Hall–Kier alpha value is -2.81. The second kappa shape index (κ2) is 6.60. The molecular weight excluding hydrogens is 322 g/mol. The van der Waals surface area contributed by atoms with Crippen molar-refractivity contribution >= 4 is 23.7 Å². The Morgan fingerprint density at radius 3 is 2.40 bits per heavy atom. The summed E-state index contributed by atoms with van der Waals surface area (Å²) in [6.45, 7) is 6.99. The maximum Gasteiger partial charge on any atom is 0.419 e. The molecule has 0 N–H and O–H groups in total. The lowest BCUT2D eigenvalue weighted by Gasteiger charge is -2.28. The standard InChI is InChI=1S/C19H21NO5/c1-18(2,3)25-17(23)20-15-9-7-6-8-14(15)19(4,16(20)12-22)10-13(11-21)24-5/h6-9H,10H2,1-5H3. The number of rotatable bonds is 3. The topological polar surface area (TPSA) is 72.9 Å². The lowest BCUT2D eigenvalue weighted by molar-refractivity contribution is 0.0591. The molecule has 0 bridgehead atoms. The number of fused-ring (bicyclic) bond motifs is 1. The lowest BCUT2D eigenvalue weighted by Crippen LogP contribution is -2.38. The van der Waals surface area contributed by atoms with Crippen molar-refractivity contribution in [2.75, 3.05) is 12.0 Å². The molecular formula is C19H21NO5. The van der Waals surface area contributed by atoms with Crippen LogP contribution in [0.2, 0.25) is 0 Å². The fourth-order valence-electron chi connectivity index (χ4n) is 2.94. The number of hydrogen-bond acceptors (Lipinski definition) is 5. The minimum atomic E-state index is -0.960. The van der Waals surface area contributed by atoms with Gasteiger partial charge in [0.05, 0.1) is 18.2 Å². The van der Waals surface area contributed by atoms with Crippen LogP contribution >= 0.6 is 0 Å². The first-order chi connectivity index (χ1) is 11.7. The first kappa shape index (κ1) is 18.5. The van der Waals surface area contributed by atoms with E-state index >= 15 is 0 Å². The number of hydrogen-bond donors (Lipinski definition) is 0. The minimum Gasteiger partial charge on any atom is -0.490 e. The van der Waals surface area contributed by atoms with Gasteiger partial charge in [0.2, 0.25) is 0 Å². The third kappa shape index (κ3) is 3.36. The molecule has 0 aromatic heterocycles. The second-order valence-electron chi connectivity index (χ2n) is 7.02. The predicted octanol–water partition coefficient (Wildman–Crippen LogP) is 3.17. The van der Waals surface area contributed by atoms with E-state index in [1.54, 1.807) is 57.9 Å². The van der Waals surface area contributed by atoms with Gasteiger partial charge >= 0.3 is 6.09 Å². The van der Waals surface area contributed by atoms with E-state index in [1.165, 1.54) is 12.0 Å². The highest BCUT2D eigenvalue weighted by molar-refractivity contribution is 5.99. The number of nitrogens with zero attached hydrogens (tertiary/aromatic N) is 1. The molecule has 0 saturated heterocycles. The summed E-state index contributed by atoms with van der Waals surface area (Å²) in [5.41, 5.74) is -0.368. The minimum absolute atomic E-state index is 0.0519. The van der Waals surface area contributed by atoms with Gasteiger partial charge in [-0.1, -0.05) is 18.2 Å². The van der Waals surface area contributed by atoms with Gasteiger partial charge in [-0.05, 0) is 39.3 Å². The molecule has 0 radical (unpaired) electrons. The molecule has 1 unspecified atom stereocenters. The van der Waals surface area contributed by atoms with Gasteiger partial charge in [-0.25, -0.2) is 19.3 Å². The van der Waals surface area contributed by atoms with Crippen LogP contribution in [-0.4, -0.2) is 30.7 Å². The van der Waals surface area contributed by atoms with E-state index in [2.05, 4.69) is 0 Å². The monoisotopic (exact) mass is 343 g/mol. The molecule has 1 atom stereocenters. The second-order valence-corrected chi connectivity index (χ2v) is 7.02. The van der Waals surface area contributed by atoms with E-state index in [0.29, 0.717) is 11.3 Å². The summed E-state index contributed by atoms with van der Waals surface area (Å²) in [6, 6.07) is 7.08. The highest BCUT2D eigenvalue weighted by atomic mass is 16.6. The van der Waals surface area contributed by atoms with Crippen LogP contribution in [0.15, 0.2) is 35.7 Å². The zero-order valence-electron chi connectivity index (χ0n) is 15.0. The van der Waals surface area contributed by atoms with E-state index in [1.807, 2.05) is 5.94 Å². The van der Waals surface area contributed by atoms with Crippen LogP contribution < -0.4 is 4.90 Å². The van der Waals surface area contributed by atoms with Gasteiger partial charge in [0.15, 0.2) is 11.7 Å². The molecule has 1 heterocycles. The number of allylic oxidation sites excluding steroid dienone is 2. The van der Waals surface area contributed by atoms with Crippen LogP contribution in [0.1, 0.15) is 39.7 Å². The maximum atomic E-state index is 12.7. The van der Waals surface area contributed by atoms with E-state index in [9.17, 15) is 14.4 Å². The number of para-hydroxylation sites is 1. The number of methoxy groups -OCH3 is 1. The molecule has 0 fully saturated rings. The molecule has 1 aromatic rings. The Bertz CT molecular complexity index is 794. The Morgan fingerprint density at radius 1 is 1.24 bits per heavy atom. The van der Waals surface area contributed by atoms with Crippen LogP contribution in [0.25, 0.3) is 0 Å². The summed E-state index contributed by atoms with van der Waals surface area (Å²) in [5.74, 6) is 3.64. The third-order valence-electron chi connectivity index (χ3n) is 4.03. The van der Waals surface area contributed by atoms with Crippen molar-refractivity contribution in [2.24, 2.45) is 0 Å². The first-order valence-electron chi connectivity index (χ1n) is 7.84. The van der Waals surface area contributed by atoms with Gasteiger partial charge in [-0.15, -0.1) is 0 Å². The number of carbonyl (C=O) groups excluding carboxylic acids is 3. The highest BCUT2D eigenvalue weighted by Crippen LogP contribution is 2.50. The van der Waals surface area contributed by atoms with Crippen molar-refractivity contribution < 1.29 is 23.9 Å². The first-order valence-corrected chi connectivity index (χ1v) is 7.84. The van der Waals surface area contributed by atoms with Crippen molar-refractivity contribution in [1.82, 2.24) is 0 Å². The summed E-state index contributed by atoms with van der Waals surface area (Å²) < 4.78 is 10.5. The molecule has 0 spiro atoms. The van der Waals surface area contributed by atoms with Crippen LogP contribution in [0.5, 0.6) is 0 Å². The Balaban J connectivity index is 2.60. The maximum absolute atomic E-state index is 12.7. The van der Waals surface area contributed by atoms with Crippen molar-refractivity contribution in [1.29, 1.82) is 0 Å². The van der Waals surface area contributed by atoms with Crippen molar-refractivity contribution in [3.05, 3.63) is 41.3 Å². The van der Waals surface area contributed by atoms with Crippen LogP contribution in [0, 0.1) is 0 Å². The number of carbonyl (C=O) groups is 1. The summed E-state index contributed by atoms with van der Waals surface area (Å²) in [4.78, 5) is 36.8. The average Bonchev–Trinajstić information content (AvgIpc) is 2.80. The van der Waals surface area contributed by atoms with Crippen LogP contribution in [0.3, 0.4) is 0 Å². The Labute approximate surface area is 146 Å². The van der Waals surface area contributed by atoms with Crippen LogP contribution in [-0.2, 0) is 24.5 Å². The third-order valence-corrected chi connectivity index (χ3v) is 4.03. The van der Waals surface area contributed by atoms with Crippen molar-refractivity contribution in [3.8, 4) is 0 Å². The Kier molecular flexibility index (Phi) is 4.89. The highest BCUT2D eigenvalue weighted by Gasteiger charge is 2.49. The molecule has 1 aromatic carbocycles. The molecule has 6 heteroatoms. The predicted molar refractivity (Wildman–Crippen MR) is 92.5 cm³/mol. The lowest BCUT2D eigenvalue weighted by atomic mass is 9.78. The number of amides is 1. The molecule has 6 nitrogen and oxygen atoms in total. The average molecular weight is 343 g/mol. The van der Waals surface area contributed by atoms with Crippen LogP contribution in [0.4, 0.5) is 10.5 Å². The number of anilines is 1. The van der Waals surface area contributed by atoms with Crippen molar-refractivity contribution in [2.45, 2.75) is 45.1 Å². The largest absolute Gasteiger partial charge is 0.490 e. The molecule has 0 saturated carbocycles. The van der Waals surface area contributed by atoms with E-state index in [-0.39, 0.29) is 17.9 Å². The molecule has 2 rings (SSSR count). The zero-order chi connectivity index (χ0) is 18.8. The van der Waals surface area contributed by atoms with Gasteiger partial charge < -0.3 is 9.47 Å². The number of benzene rings is 1. The summed E-state index contributed by atoms with van der Waals surface area (Å²) in [6.07, 6.45) is -0.593. The Morgan fingerprint density at radius 2 is 1.88 bits per heavy atom. The smallest absolute Gasteiger partial charge is 0.419 e. The SMILES string of the molecule is COC(=C=O)CC1(C)C(=C=O)N(C(=O)OC(C)(C)C)c2ccccc21. The molecule has 25 heavy (non-hydrogen) atoms. The summed E-state index contributed by atoms with van der Waals surface area (Å²) in [7, 11) is 1.36. The fourth-order valence-corrected chi connectivity index (χ4v) is 2.94.